The van der Waals surface area contributed by atoms with E-state index in [0.29, 0.717) is 24.7 Å². The van der Waals surface area contributed by atoms with Gasteiger partial charge >= 0.3 is 0 Å². The molecule has 0 saturated heterocycles. The van der Waals surface area contributed by atoms with Crippen molar-refractivity contribution in [3.63, 3.8) is 0 Å². The van der Waals surface area contributed by atoms with E-state index in [1.807, 2.05) is 6.92 Å². The minimum absolute atomic E-state index is 0.0453. The van der Waals surface area contributed by atoms with Crippen LogP contribution < -0.4 is 19.5 Å². The van der Waals surface area contributed by atoms with E-state index in [9.17, 15) is 13.2 Å². The van der Waals surface area contributed by atoms with E-state index in [1.54, 1.807) is 13.0 Å². The average Bonchev–Trinajstić information content (AvgIpc) is 2.73. The van der Waals surface area contributed by atoms with Crippen LogP contribution in [0.15, 0.2) is 35.2 Å². The third kappa shape index (κ3) is 5.81. The number of carbonyl (C=O) groups is 1. The van der Waals surface area contributed by atoms with Crippen molar-refractivity contribution in [3.8, 4) is 17.2 Å². The highest BCUT2D eigenvalue weighted by Gasteiger charge is 2.24. The topological polar surface area (TPSA) is 94.2 Å². The number of rotatable bonds is 10. The summed E-state index contributed by atoms with van der Waals surface area (Å²) < 4.78 is 42.8. The van der Waals surface area contributed by atoms with Gasteiger partial charge in [0.1, 0.15) is 10.6 Å². The summed E-state index contributed by atoms with van der Waals surface area (Å²) in [5, 5.41) is 2.92. The van der Waals surface area contributed by atoms with Gasteiger partial charge in [-0.15, -0.1) is 0 Å². The Labute approximate surface area is 188 Å². The molecule has 2 rings (SSSR count). The number of benzene rings is 2. The smallest absolute Gasteiger partial charge is 0.255 e. The van der Waals surface area contributed by atoms with Crippen LogP contribution in [0.1, 0.15) is 30.6 Å². The SMILES string of the molecule is CCCOc1c(Cl)cc(C(=O)Nc2ccc(OCC)c(S(=O)(=O)N(C)C)c2)cc1OC. The van der Waals surface area contributed by atoms with Gasteiger partial charge in [-0.3, -0.25) is 4.79 Å². The lowest BCUT2D eigenvalue weighted by atomic mass is 10.1. The van der Waals surface area contributed by atoms with Gasteiger partial charge in [0.25, 0.3) is 5.91 Å². The van der Waals surface area contributed by atoms with Crippen LogP contribution in [0, 0.1) is 0 Å². The molecule has 0 radical (unpaired) electrons. The Morgan fingerprint density at radius 1 is 1.10 bits per heavy atom. The fourth-order valence-corrected chi connectivity index (χ4v) is 3.97. The second-order valence-corrected chi connectivity index (χ2v) is 9.20. The van der Waals surface area contributed by atoms with E-state index in [1.165, 1.54) is 45.5 Å². The summed E-state index contributed by atoms with van der Waals surface area (Å²) in [7, 11) is 0.517. The quantitative estimate of drug-likeness (QED) is 0.563. The fraction of sp³-hybridized carbons (Fsp3) is 0.381. The lowest BCUT2D eigenvalue weighted by molar-refractivity contribution is 0.102. The third-order valence-corrected chi connectivity index (χ3v) is 6.32. The normalized spacial score (nSPS) is 11.3. The summed E-state index contributed by atoms with van der Waals surface area (Å²) in [6, 6.07) is 7.41. The zero-order valence-electron chi connectivity index (χ0n) is 18.2. The number of sulfonamides is 1. The van der Waals surface area contributed by atoms with Crippen LogP contribution in [0.5, 0.6) is 17.2 Å². The Bertz CT molecular complexity index is 1040. The van der Waals surface area contributed by atoms with E-state index in [2.05, 4.69) is 5.32 Å². The minimum atomic E-state index is -3.79. The molecule has 0 aliphatic heterocycles. The van der Waals surface area contributed by atoms with Crippen molar-refractivity contribution in [2.75, 3.05) is 39.7 Å². The predicted molar refractivity (Wildman–Crippen MR) is 120 cm³/mol. The molecule has 0 spiro atoms. The highest BCUT2D eigenvalue weighted by atomic mass is 35.5. The van der Waals surface area contributed by atoms with Crippen LogP contribution in [-0.4, -0.2) is 53.0 Å². The molecular weight excluding hydrogens is 444 g/mol. The molecule has 0 aliphatic carbocycles. The Morgan fingerprint density at radius 2 is 1.81 bits per heavy atom. The van der Waals surface area contributed by atoms with E-state index in [4.69, 9.17) is 25.8 Å². The Hall–Kier alpha value is -2.49. The number of nitrogens with zero attached hydrogens (tertiary/aromatic N) is 1. The molecule has 0 heterocycles. The van der Waals surface area contributed by atoms with E-state index in [-0.39, 0.29) is 26.9 Å². The van der Waals surface area contributed by atoms with Gasteiger partial charge in [0.2, 0.25) is 10.0 Å². The molecule has 0 fully saturated rings. The first-order valence-corrected chi connectivity index (χ1v) is 11.5. The van der Waals surface area contributed by atoms with E-state index < -0.39 is 15.9 Å². The Morgan fingerprint density at radius 3 is 2.39 bits per heavy atom. The summed E-state index contributed by atoms with van der Waals surface area (Å²) in [6.07, 6.45) is 0.789. The molecule has 2 aromatic carbocycles. The predicted octanol–water partition coefficient (Wildman–Crippen LogP) is 4.04. The van der Waals surface area contributed by atoms with Crippen molar-refractivity contribution in [2.24, 2.45) is 0 Å². The molecule has 2 aromatic rings. The van der Waals surface area contributed by atoms with Crippen LogP contribution in [0.3, 0.4) is 0 Å². The Balaban J connectivity index is 2.38. The van der Waals surface area contributed by atoms with Crippen molar-refractivity contribution in [1.29, 1.82) is 0 Å². The van der Waals surface area contributed by atoms with Gasteiger partial charge in [-0.1, -0.05) is 18.5 Å². The van der Waals surface area contributed by atoms with Crippen LogP contribution in [0.4, 0.5) is 5.69 Å². The number of methoxy groups -OCH3 is 1. The standard InChI is InChI=1S/C21H27ClN2O6S/c1-6-10-30-20-16(22)11-14(12-18(20)28-5)21(25)23-15-8-9-17(29-7-2)19(13-15)31(26,27)24(3)4/h8-9,11-13H,6-7,10H2,1-5H3,(H,23,25). The largest absolute Gasteiger partial charge is 0.493 e. The van der Waals surface area contributed by atoms with Crippen LogP contribution >= 0.6 is 11.6 Å². The van der Waals surface area contributed by atoms with Crippen molar-refractivity contribution in [1.82, 2.24) is 4.31 Å². The monoisotopic (exact) mass is 470 g/mol. The highest BCUT2D eigenvalue weighted by Crippen LogP contribution is 2.37. The van der Waals surface area contributed by atoms with Gasteiger partial charge in [-0.05, 0) is 43.7 Å². The maximum Gasteiger partial charge on any atom is 0.255 e. The molecule has 0 bridgehead atoms. The van der Waals surface area contributed by atoms with Gasteiger partial charge in [0.05, 0.1) is 25.3 Å². The van der Waals surface area contributed by atoms with Crippen molar-refractivity contribution in [2.45, 2.75) is 25.2 Å². The molecule has 0 aliphatic rings. The summed E-state index contributed by atoms with van der Waals surface area (Å²) in [6.45, 7) is 4.47. The fourth-order valence-electron chi connectivity index (χ4n) is 2.66. The third-order valence-electron chi connectivity index (χ3n) is 4.20. The van der Waals surface area contributed by atoms with Crippen molar-refractivity contribution >= 4 is 33.2 Å². The first-order chi connectivity index (χ1) is 14.6. The number of hydrogen-bond donors (Lipinski definition) is 1. The second-order valence-electron chi connectivity index (χ2n) is 6.67. The van der Waals surface area contributed by atoms with Crippen molar-refractivity contribution in [3.05, 3.63) is 40.9 Å². The zero-order chi connectivity index (χ0) is 23.2. The number of nitrogens with one attached hydrogen (secondary N) is 1. The molecule has 170 valence electrons. The molecule has 1 N–H and O–H groups in total. The van der Waals surface area contributed by atoms with Gasteiger partial charge in [-0.2, -0.15) is 0 Å². The van der Waals surface area contributed by atoms with E-state index >= 15 is 0 Å². The minimum Gasteiger partial charge on any atom is -0.493 e. The van der Waals surface area contributed by atoms with Crippen LogP contribution in [0.2, 0.25) is 5.02 Å². The maximum atomic E-state index is 12.8. The maximum absolute atomic E-state index is 12.8. The molecule has 0 atom stereocenters. The number of amides is 1. The van der Waals surface area contributed by atoms with Gasteiger partial charge in [-0.25, -0.2) is 12.7 Å². The summed E-state index contributed by atoms with van der Waals surface area (Å²) >= 11 is 6.29. The van der Waals surface area contributed by atoms with Crippen molar-refractivity contribution < 1.29 is 27.4 Å². The lowest BCUT2D eigenvalue weighted by Crippen LogP contribution is -2.23. The summed E-state index contributed by atoms with van der Waals surface area (Å²) in [5.41, 5.74) is 0.520. The number of anilines is 1. The number of ether oxygens (including phenoxy) is 3. The van der Waals surface area contributed by atoms with Gasteiger partial charge in [0.15, 0.2) is 11.5 Å². The number of halogens is 1. The van der Waals surface area contributed by atoms with Crippen LogP contribution in [-0.2, 0) is 10.0 Å². The first-order valence-electron chi connectivity index (χ1n) is 9.66. The lowest BCUT2D eigenvalue weighted by Gasteiger charge is -2.17. The highest BCUT2D eigenvalue weighted by molar-refractivity contribution is 7.89. The van der Waals surface area contributed by atoms with Gasteiger partial charge < -0.3 is 19.5 Å². The van der Waals surface area contributed by atoms with Gasteiger partial charge in [0, 0.05) is 25.3 Å². The first kappa shape index (κ1) is 24.8. The number of carbonyl (C=O) groups excluding carboxylic acids is 1. The molecule has 0 saturated carbocycles. The molecule has 1 amide bonds. The molecular formula is C21H27ClN2O6S. The molecule has 10 heteroatoms. The summed E-state index contributed by atoms with van der Waals surface area (Å²) in [4.78, 5) is 12.8. The molecule has 31 heavy (non-hydrogen) atoms. The molecule has 8 nitrogen and oxygen atoms in total. The number of hydrogen-bond acceptors (Lipinski definition) is 6. The summed E-state index contributed by atoms with van der Waals surface area (Å²) in [5.74, 6) is 0.410. The average molecular weight is 471 g/mol. The Kier molecular flexibility index (Phi) is 8.55. The molecule has 0 unspecified atom stereocenters. The second kappa shape index (κ2) is 10.7. The van der Waals surface area contributed by atoms with Crippen LogP contribution in [0.25, 0.3) is 0 Å². The molecule has 0 aromatic heterocycles. The van der Waals surface area contributed by atoms with E-state index in [0.717, 1.165) is 10.7 Å². The zero-order valence-corrected chi connectivity index (χ0v) is 19.8.